The lowest BCUT2D eigenvalue weighted by Gasteiger charge is -2.39. The minimum atomic E-state index is -1.46. The van der Waals surface area contributed by atoms with Crippen LogP contribution in [0.4, 0.5) is 0 Å². The molecule has 2 aromatic rings. The summed E-state index contributed by atoms with van der Waals surface area (Å²) in [4.78, 5) is 11.5. The van der Waals surface area contributed by atoms with Crippen molar-refractivity contribution in [2.75, 3.05) is 13.7 Å². The standard InChI is InChI=1S/C17H20O8/c1-8-5-13(18)24-11-6-9(3-4-10(8)11)23-17-16(21)15(20)14(19)12(25-17)7-22-2/h3-6,12,14-17,19-21H,7H2,1-2H3/t12-,14+,15+,16-,17-/m1/s1. The zero-order chi connectivity index (χ0) is 18.1. The van der Waals surface area contributed by atoms with Gasteiger partial charge >= 0.3 is 5.63 Å². The topological polar surface area (TPSA) is 119 Å². The number of methoxy groups -OCH3 is 1. The van der Waals surface area contributed by atoms with Gasteiger partial charge in [-0.05, 0) is 24.6 Å². The summed E-state index contributed by atoms with van der Waals surface area (Å²) in [5.74, 6) is 0.282. The molecule has 3 rings (SSSR count). The quantitative estimate of drug-likeness (QED) is 0.655. The second-order valence-corrected chi connectivity index (χ2v) is 5.99. The molecule has 5 atom stereocenters. The van der Waals surface area contributed by atoms with Crippen LogP contribution in [-0.2, 0) is 9.47 Å². The van der Waals surface area contributed by atoms with E-state index in [0.717, 1.165) is 10.9 Å². The maximum Gasteiger partial charge on any atom is 0.336 e. The molecule has 3 N–H and O–H groups in total. The molecule has 1 aromatic heterocycles. The van der Waals surface area contributed by atoms with Crippen molar-refractivity contribution in [1.29, 1.82) is 0 Å². The Balaban J connectivity index is 1.85. The second-order valence-electron chi connectivity index (χ2n) is 5.99. The van der Waals surface area contributed by atoms with Crippen LogP contribution in [0.3, 0.4) is 0 Å². The van der Waals surface area contributed by atoms with Gasteiger partial charge in [0.25, 0.3) is 0 Å². The second kappa shape index (κ2) is 7.11. The molecule has 0 aliphatic carbocycles. The van der Waals surface area contributed by atoms with Gasteiger partial charge in [-0.15, -0.1) is 0 Å². The van der Waals surface area contributed by atoms with Gasteiger partial charge in [-0.3, -0.25) is 0 Å². The molecule has 0 radical (unpaired) electrons. The fourth-order valence-electron chi connectivity index (χ4n) is 2.83. The van der Waals surface area contributed by atoms with Crippen LogP contribution in [0.1, 0.15) is 5.56 Å². The van der Waals surface area contributed by atoms with E-state index in [4.69, 9.17) is 18.6 Å². The highest BCUT2D eigenvalue weighted by molar-refractivity contribution is 5.81. The lowest BCUT2D eigenvalue weighted by molar-refractivity contribution is -0.278. The van der Waals surface area contributed by atoms with E-state index >= 15 is 0 Å². The van der Waals surface area contributed by atoms with E-state index in [1.807, 2.05) is 0 Å². The summed E-state index contributed by atoms with van der Waals surface area (Å²) in [5, 5.41) is 30.7. The molecule has 1 fully saturated rings. The van der Waals surface area contributed by atoms with Gasteiger partial charge in [0, 0.05) is 24.6 Å². The van der Waals surface area contributed by atoms with Gasteiger partial charge in [0.1, 0.15) is 35.7 Å². The predicted octanol–water partition coefficient (Wildman–Crippen LogP) is -0.0658. The molecule has 1 aliphatic heterocycles. The van der Waals surface area contributed by atoms with Crippen molar-refractivity contribution in [3.05, 3.63) is 40.2 Å². The van der Waals surface area contributed by atoms with Gasteiger partial charge in [0.2, 0.25) is 6.29 Å². The number of benzene rings is 1. The van der Waals surface area contributed by atoms with Crippen LogP contribution in [0, 0.1) is 6.92 Å². The van der Waals surface area contributed by atoms with Crippen LogP contribution in [0.5, 0.6) is 5.75 Å². The van der Waals surface area contributed by atoms with Crippen molar-refractivity contribution in [3.63, 3.8) is 0 Å². The molecule has 136 valence electrons. The SMILES string of the molecule is COC[C@H]1O[C@@H](Oc2ccc3c(C)cc(=O)oc3c2)[C@H](O)[C@@H](O)[C@H]1O. The first kappa shape index (κ1) is 17.8. The summed E-state index contributed by atoms with van der Waals surface area (Å²) in [5.41, 5.74) is 0.627. The Morgan fingerprint density at radius 1 is 1.12 bits per heavy atom. The van der Waals surface area contributed by atoms with Gasteiger partial charge in [0.15, 0.2) is 0 Å². The minimum Gasteiger partial charge on any atom is -0.462 e. The Labute approximate surface area is 143 Å². The highest BCUT2D eigenvalue weighted by Gasteiger charge is 2.44. The molecule has 0 bridgehead atoms. The number of fused-ring (bicyclic) bond motifs is 1. The van der Waals surface area contributed by atoms with E-state index in [1.54, 1.807) is 19.1 Å². The zero-order valence-electron chi connectivity index (χ0n) is 13.8. The summed E-state index contributed by atoms with van der Waals surface area (Å²) < 4.78 is 21.2. The molecule has 0 unspecified atom stereocenters. The summed E-state index contributed by atoms with van der Waals surface area (Å²) in [6, 6.07) is 6.25. The smallest absolute Gasteiger partial charge is 0.336 e. The molecule has 0 saturated carbocycles. The number of aliphatic hydroxyl groups is 3. The van der Waals surface area contributed by atoms with Crippen molar-refractivity contribution in [3.8, 4) is 5.75 Å². The highest BCUT2D eigenvalue weighted by atomic mass is 16.7. The largest absolute Gasteiger partial charge is 0.462 e. The maximum absolute atomic E-state index is 11.5. The van der Waals surface area contributed by atoms with Crippen LogP contribution in [0.15, 0.2) is 33.5 Å². The van der Waals surface area contributed by atoms with E-state index in [2.05, 4.69) is 0 Å². The lowest BCUT2D eigenvalue weighted by Crippen LogP contribution is -2.60. The first-order valence-electron chi connectivity index (χ1n) is 7.80. The van der Waals surface area contributed by atoms with Crippen LogP contribution >= 0.6 is 0 Å². The fourth-order valence-corrected chi connectivity index (χ4v) is 2.83. The number of ether oxygens (including phenoxy) is 3. The average molecular weight is 352 g/mol. The van der Waals surface area contributed by atoms with Crippen molar-refractivity contribution >= 4 is 11.0 Å². The van der Waals surface area contributed by atoms with E-state index < -0.39 is 36.3 Å². The molecule has 25 heavy (non-hydrogen) atoms. The summed E-state index contributed by atoms with van der Waals surface area (Å²) in [6.07, 6.45) is -6.27. The van der Waals surface area contributed by atoms with Crippen molar-refractivity contribution in [2.24, 2.45) is 0 Å². The molecular formula is C17H20O8. The number of aliphatic hydroxyl groups excluding tert-OH is 3. The third-order valence-electron chi connectivity index (χ3n) is 4.17. The first-order valence-corrected chi connectivity index (χ1v) is 7.80. The minimum absolute atomic E-state index is 0.0244. The van der Waals surface area contributed by atoms with Crippen molar-refractivity contribution in [2.45, 2.75) is 37.6 Å². The fraction of sp³-hybridized carbons (Fsp3) is 0.471. The normalized spacial score (nSPS) is 29.7. The molecule has 0 spiro atoms. The number of hydrogen-bond donors (Lipinski definition) is 3. The number of hydrogen-bond acceptors (Lipinski definition) is 8. The Bertz CT molecular complexity index is 801. The van der Waals surface area contributed by atoms with Crippen molar-refractivity contribution in [1.82, 2.24) is 0 Å². The first-order chi connectivity index (χ1) is 11.9. The molecular weight excluding hydrogens is 332 g/mol. The monoisotopic (exact) mass is 352 g/mol. The van der Waals surface area contributed by atoms with Crippen LogP contribution in [-0.4, -0.2) is 59.7 Å². The van der Waals surface area contributed by atoms with E-state index in [0.29, 0.717) is 5.58 Å². The van der Waals surface area contributed by atoms with Gasteiger partial charge in [-0.1, -0.05) is 0 Å². The zero-order valence-corrected chi connectivity index (χ0v) is 13.8. The summed E-state index contributed by atoms with van der Waals surface area (Å²) in [7, 11) is 1.43. The van der Waals surface area contributed by atoms with Gasteiger partial charge in [-0.25, -0.2) is 4.79 Å². The Morgan fingerprint density at radius 2 is 1.88 bits per heavy atom. The van der Waals surface area contributed by atoms with Gasteiger partial charge < -0.3 is 33.9 Å². The molecule has 0 amide bonds. The van der Waals surface area contributed by atoms with Gasteiger partial charge in [-0.2, -0.15) is 0 Å². The third-order valence-corrected chi connectivity index (χ3v) is 4.17. The molecule has 1 saturated heterocycles. The number of aryl methyl sites for hydroxylation is 1. The predicted molar refractivity (Wildman–Crippen MR) is 86.4 cm³/mol. The highest BCUT2D eigenvalue weighted by Crippen LogP contribution is 2.27. The Hall–Kier alpha value is -1.97. The average Bonchev–Trinajstić information content (AvgIpc) is 2.57. The Kier molecular flexibility index (Phi) is 5.07. The van der Waals surface area contributed by atoms with Crippen LogP contribution < -0.4 is 10.4 Å². The molecule has 8 nitrogen and oxygen atoms in total. The van der Waals surface area contributed by atoms with Crippen LogP contribution in [0.2, 0.25) is 0 Å². The van der Waals surface area contributed by atoms with E-state index in [9.17, 15) is 20.1 Å². The lowest BCUT2D eigenvalue weighted by atomic mass is 9.99. The van der Waals surface area contributed by atoms with Gasteiger partial charge in [0.05, 0.1) is 6.61 Å². The van der Waals surface area contributed by atoms with E-state index in [1.165, 1.54) is 19.2 Å². The van der Waals surface area contributed by atoms with Crippen LogP contribution in [0.25, 0.3) is 11.0 Å². The van der Waals surface area contributed by atoms with E-state index in [-0.39, 0.29) is 12.4 Å². The number of rotatable bonds is 4. The molecule has 1 aliphatic rings. The van der Waals surface area contributed by atoms with Crippen molar-refractivity contribution < 1.29 is 33.9 Å². The molecule has 2 heterocycles. The maximum atomic E-state index is 11.5. The third kappa shape index (κ3) is 3.53. The molecule has 1 aromatic carbocycles. The Morgan fingerprint density at radius 3 is 2.60 bits per heavy atom. The molecule has 8 heteroatoms. The summed E-state index contributed by atoms with van der Waals surface area (Å²) >= 11 is 0. The summed E-state index contributed by atoms with van der Waals surface area (Å²) in [6.45, 7) is 1.82.